The van der Waals surface area contributed by atoms with E-state index < -0.39 is 0 Å². The number of rotatable bonds is 4. The Balaban J connectivity index is 1.13. The molecule has 0 unspecified atom stereocenters. The highest BCUT2D eigenvalue weighted by Crippen LogP contribution is 2.48. The van der Waals surface area contributed by atoms with Crippen molar-refractivity contribution in [2.75, 3.05) is 0 Å². The maximum atomic E-state index is 2.51. The first-order valence-electron chi connectivity index (χ1n) is 19.9. The molecule has 4 heterocycles. The Kier molecular flexibility index (Phi) is 6.60. The van der Waals surface area contributed by atoms with Crippen molar-refractivity contribution in [3.8, 4) is 28.2 Å². The third-order valence-electron chi connectivity index (χ3n) is 12.2. The van der Waals surface area contributed by atoms with Crippen LogP contribution in [0.4, 0.5) is 0 Å². The average Bonchev–Trinajstić information content (AvgIpc) is 4.03. The van der Waals surface area contributed by atoms with Crippen molar-refractivity contribution in [1.82, 2.24) is 13.7 Å². The fraction of sp³-hybridized carbons (Fsp3) is 0. The second kappa shape index (κ2) is 12.1. The lowest BCUT2D eigenvalue weighted by atomic mass is 10.00. The van der Waals surface area contributed by atoms with Crippen LogP contribution in [0.15, 0.2) is 200 Å². The molecule has 4 heteroatoms. The number of hydrogen-bond donors (Lipinski definition) is 0. The van der Waals surface area contributed by atoms with Gasteiger partial charge in [0, 0.05) is 69.6 Å². The summed E-state index contributed by atoms with van der Waals surface area (Å²) in [7, 11) is 0. The molecular weight excluding hydrogens is 723 g/mol. The molecule has 0 amide bonds. The van der Waals surface area contributed by atoms with E-state index >= 15 is 0 Å². The average molecular weight is 756 g/mol. The van der Waals surface area contributed by atoms with E-state index in [1.807, 2.05) is 11.3 Å². The number of hydrogen-bond acceptors (Lipinski definition) is 1. The molecule has 4 aromatic heterocycles. The van der Waals surface area contributed by atoms with E-state index in [1.165, 1.54) is 108 Å². The van der Waals surface area contributed by atoms with E-state index in [-0.39, 0.29) is 0 Å². The van der Waals surface area contributed by atoms with Gasteiger partial charge in [0.15, 0.2) is 0 Å². The Labute approximate surface area is 337 Å². The Morgan fingerprint density at radius 2 is 0.655 bits per heavy atom. The molecule has 3 nitrogen and oxygen atoms in total. The van der Waals surface area contributed by atoms with Crippen LogP contribution in [-0.4, -0.2) is 13.7 Å². The van der Waals surface area contributed by atoms with E-state index in [9.17, 15) is 0 Å². The summed E-state index contributed by atoms with van der Waals surface area (Å²) in [5, 5.41) is 10.2. The Morgan fingerprint density at radius 1 is 0.276 bits per heavy atom. The molecule has 13 rings (SSSR count). The summed E-state index contributed by atoms with van der Waals surface area (Å²) < 4.78 is 9.96. The first-order valence-corrected chi connectivity index (χ1v) is 20.7. The standard InChI is InChI=1S/C54H33N3S/c1-4-14-36(15-5-1)55-45-22-12-11-21-40(45)43-32-34(24-28-47(43)55)35-25-29-48-44(33-35)42-27-31-50-52(54(42)57(48)38-18-8-3-9-19-38)51-49(58-50)30-26-41-39-20-10-13-23-46(39)56(53(41)51)37-16-6-2-7-17-37/h1-33H. The molecule has 0 spiro atoms. The van der Waals surface area contributed by atoms with Crippen LogP contribution < -0.4 is 0 Å². The van der Waals surface area contributed by atoms with Gasteiger partial charge in [0.1, 0.15) is 0 Å². The van der Waals surface area contributed by atoms with Gasteiger partial charge in [-0.3, -0.25) is 0 Å². The number of benzene rings is 9. The van der Waals surface area contributed by atoms with Gasteiger partial charge < -0.3 is 13.7 Å². The Bertz CT molecular complexity index is 3770. The van der Waals surface area contributed by atoms with Crippen molar-refractivity contribution < 1.29 is 0 Å². The van der Waals surface area contributed by atoms with Crippen molar-refractivity contribution in [1.29, 1.82) is 0 Å². The zero-order valence-corrected chi connectivity index (χ0v) is 32.1. The number of nitrogens with zero attached hydrogens (tertiary/aromatic N) is 3. The SMILES string of the molecule is c1ccc(-n2c3ccccc3c3cc(-c4ccc5c(c4)c4ccc6sc7ccc8c9ccccc9n(-c9ccccc9)c8c7c6c4n5-c4ccccc4)ccc32)cc1. The van der Waals surface area contributed by atoms with Crippen LogP contribution in [0.5, 0.6) is 0 Å². The molecule has 9 aromatic carbocycles. The largest absolute Gasteiger partial charge is 0.309 e. The maximum Gasteiger partial charge on any atom is 0.0635 e. The molecule has 58 heavy (non-hydrogen) atoms. The van der Waals surface area contributed by atoms with Crippen molar-refractivity contribution in [2.45, 2.75) is 0 Å². The fourth-order valence-corrected chi connectivity index (χ4v) is 10.9. The number of para-hydroxylation sites is 5. The molecule has 0 aliphatic carbocycles. The summed E-state index contributed by atoms with van der Waals surface area (Å²) in [6.07, 6.45) is 0. The molecule has 0 aliphatic rings. The molecule has 0 aliphatic heterocycles. The highest BCUT2D eigenvalue weighted by molar-refractivity contribution is 7.26. The monoisotopic (exact) mass is 755 g/mol. The van der Waals surface area contributed by atoms with E-state index in [4.69, 9.17) is 0 Å². The van der Waals surface area contributed by atoms with Crippen molar-refractivity contribution in [2.24, 2.45) is 0 Å². The smallest absolute Gasteiger partial charge is 0.0635 e. The molecular formula is C54H33N3S. The van der Waals surface area contributed by atoms with Gasteiger partial charge in [-0.05, 0) is 96.1 Å². The van der Waals surface area contributed by atoms with Crippen LogP contribution in [0.1, 0.15) is 0 Å². The summed E-state index contributed by atoms with van der Waals surface area (Å²) in [5.41, 5.74) is 13.3. The molecule has 270 valence electrons. The van der Waals surface area contributed by atoms with Gasteiger partial charge >= 0.3 is 0 Å². The number of aromatic nitrogens is 3. The van der Waals surface area contributed by atoms with Crippen LogP contribution in [0, 0.1) is 0 Å². The molecule has 0 atom stereocenters. The molecule has 0 bridgehead atoms. The highest BCUT2D eigenvalue weighted by Gasteiger charge is 2.23. The Hall–Kier alpha value is -7.40. The van der Waals surface area contributed by atoms with Crippen LogP contribution in [0.2, 0.25) is 0 Å². The van der Waals surface area contributed by atoms with E-state index in [0.29, 0.717) is 0 Å². The van der Waals surface area contributed by atoms with Gasteiger partial charge in [0.05, 0.1) is 33.1 Å². The van der Waals surface area contributed by atoms with E-state index in [2.05, 4.69) is 214 Å². The van der Waals surface area contributed by atoms with Crippen LogP contribution in [-0.2, 0) is 0 Å². The Morgan fingerprint density at radius 3 is 1.19 bits per heavy atom. The van der Waals surface area contributed by atoms with Gasteiger partial charge in [-0.1, -0.05) is 115 Å². The summed E-state index contributed by atoms with van der Waals surface area (Å²) in [6, 6.07) is 73.5. The molecule has 0 saturated heterocycles. The molecule has 0 fully saturated rings. The van der Waals surface area contributed by atoms with Gasteiger partial charge in [0.25, 0.3) is 0 Å². The minimum atomic E-state index is 1.16. The van der Waals surface area contributed by atoms with Crippen LogP contribution in [0.25, 0.3) is 114 Å². The normalized spacial score (nSPS) is 12.1. The van der Waals surface area contributed by atoms with Gasteiger partial charge in [0.2, 0.25) is 0 Å². The second-order valence-corrected chi connectivity index (χ2v) is 16.4. The van der Waals surface area contributed by atoms with Gasteiger partial charge in [-0.2, -0.15) is 0 Å². The van der Waals surface area contributed by atoms with Gasteiger partial charge in [-0.15, -0.1) is 11.3 Å². The van der Waals surface area contributed by atoms with E-state index in [0.717, 1.165) is 5.69 Å². The maximum absolute atomic E-state index is 2.51. The molecule has 0 saturated carbocycles. The third kappa shape index (κ3) is 4.38. The number of thiophene rings is 1. The first-order chi connectivity index (χ1) is 28.8. The second-order valence-electron chi connectivity index (χ2n) is 15.3. The predicted octanol–water partition coefficient (Wildman–Crippen LogP) is 15.0. The summed E-state index contributed by atoms with van der Waals surface area (Å²) >= 11 is 1.89. The first kappa shape index (κ1) is 31.8. The minimum absolute atomic E-state index is 1.16. The van der Waals surface area contributed by atoms with Crippen LogP contribution >= 0.6 is 11.3 Å². The summed E-state index contributed by atoms with van der Waals surface area (Å²) in [6.45, 7) is 0. The molecule has 0 radical (unpaired) electrons. The quantitative estimate of drug-likeness (QED) is 0.170. The summed E-state index contributed by atoms with van der Waals surface area (Å²) in [5.74, 6) is 0. The zero-order valence-electron chi connectivity index (χ0n) is 31.3. The minimum Gasteiger partial charge on any atom is -0.309 e. The summed E-state index contributed by atoms with van der Waals surface area (Å²) in [4.78, 5) is 0. The fourth-order valence-electron chi connectivity index (χ4n) is 9.78. The lowest BCUT2D eigenvalue weighted by molar-refractivity contribution is 1.18. The van der Waals surface area contributed by atoms with Crippen molar-refractivity contribution >= 4 is 96.9 Å². The molecule has 0 N–H and O–H groups in total. The lowest BCUT2D eigenvalue weighted by Crippen LogP contribution is -1.95. The zero-order chi connectivity index (χ0) is 37.9. The van der Waals surface area contributed by atoms with Gasteiger partial charge in [-0.25, -0.2) is 0 Å². The van der Waals surface area contributed by atoms with E-state index in [1.54, 1.807) is 0 Å². The highest BCUT2D eigenvalue weighted by atomic mass is 32.1. The topological polar surface area (TPSA) is 14.8 Å². The van der Waals surface area contributed by atoms with Crippen molar-refractivity contribution in [3.63, 3.8) is 0 Å². The van der Waals surface area contributed by atoms with Crippen molar-refractivity contribution in [3.05, 3.63) is 200 Å². The predicted molar refractivity (Wildman–Crippen MR) is 248 cm³/mol. The third-order valence-corrected chi connectivity index (χ3v) is 13.3. The lowest BCUT2D eigenvalue weighted by Gasteiger charge is -2.11. The van der Waals surface area contributed by atoms with Crippen LogP contribution in [0.3, 0.4) is 0 Å². The molecule has 13 aromatic rings. The number of fused-ring (bicyclic) bond motifs is 14.